The summed E-state index contributed by atoms with van der Waals surface area (Å²) >= 11 is 1.87. The van der Waals surface area contributed by atoms with Crippen LogP contribution in [0.15, 0.2) is 54.6 Å². The number of allylic oxidation sites excluding steroid dienone is 1. The van der Waals surface area contributed by atoms with Crippen LogP contribution in [-0.4, -0.2) is 13.2 Å². The van der Waals surface area contributed by atoms with Crippen molar-refractivity contribution in [2.24, 2.45) is 23.2 Å². The average molecular weight is 571 g/mol. The van der Waals surface area contributed by atoms with Crippen molar-refractivity contribution in [2.75, 3.05) is 13.2 Å². The fraction of sp³-hybridized carbons (Fsp3) is 0.474. The van der Waals surface area contributed by atoms with Crippen molar-refractivity contribution in [1.29, 1.82) is 0 Å². The Balaban J connectivity index is 1.90. The molecule has 0 radical (unpaired) electrons. The highest BCUT2D eigenvalue weighted by Crippen LogP contribution is 2.44. The van der Waals surface area contributed by atoms with E-state index in [4.69, 9.17) is 9.47 Å². The molecule has 1 atom stereocenters. The molecule has 1 aromatic heterocycles. The molecule has 3 aromatic carbocycles. The molecular formula is C38H50O2S. The van der Waals surface area contributed by atoms with Crippen LogP contribution in [0.4, 0.5) is 0 Å². The standard InChI is InChI=1S/C38H50O2S/c1-24(2)16-17-39-35-21-32-31-20-34(40-23-27(7)25(3)4)29(19-36(31)41-37(32)22-30(35)26(5)6)18-33(38(8,9)10)28-14-12-11-13-15-28/h11-15,18-22,24-27H,16-17,23H2,1-10H3. The first-order valence-corrected chi connectivity index (χ1v) is 16.2. The lowest BCUT2D eigenvalue weighted by Gasteiger charge is -2.24. The first-order chi connectivity index (χ1) is 19.3. The molecule has 4 rings (SSSR count). The van der Waals surface area contributed by atoms with Gasteiger partial charge in [0.1, 0.15) is 11.5 Å². The highest BCUT2D eigenvalue weighted by atomic mass is 32.1. The Labute approximate surface area is 252 Å². The Morgan fingerprint density at radius 1 is 0.805 bits per heavy atom. The topological polar surface area (TPSA) is 18.5 Å². The molecule has 0 saturated heterocycles. The number of rotatable bonds is 11. The lowest BCUT2D eigenvalue weighted by Crippen LogP contribution is -2.14. The maximum Gasteiger partial charge on any atom is 0.127 e. The highest BCUT2D eigenvalue weighted by Gasteiger charge is 2.21. The molecule has 0 spiro atoms. The molecule has 2 nitrogen and oxygen atoms in total. The summed E-state index contributed by atoms with van der Waals surface area (Å²) in [5, 5.41) is 2.50. The van der Waals surface area contributed by atoms with Crippen LogP contribution in [0.3, 0.4) is 0 Å². The molecule has 1 unspecified atom stereocenters. The summed E-state index contributed by atoms with van der Waals surface area (Å²) < 4.78 is 15.6. The van der Waals surface area contributed by atoms with E-state index < -0.39 is 0 Å². The van der Waals surface area contributed by atoms with Crippen LogP contribution in [0.25, 0.3) is 31.8 Å². The number of thiophene rings is 1. The lowest BCUT2D eigenvalue weighted by molar-refractivity contribution is 0.223. The van der Waals surface area contributed by atoms with Crippen molar-refractivity contribution in [1.82, 2.24) is 0 Å². The second-order valence-corrected chi connectivity index (χ2v) is 14.9. The maximum atomic E-state index is 6.65. The monoisotopic (exact) mass is 570 g/mol. The van der Waals surface area contributed by atoms with Gasteiger partial charge in [-0.15, -0.1) is 11.3 Å². The van der Waals surface area contributed by atoms with Gasteiger partial charge in [-0.1, -0.05) is 99.6 Å². The zero-order chi connectivity index (χ0) is 29.9. The van der Waals surface area contributed by atoms with Crippen LogP contribution in [0.2, 0.25) is 0 Å². The molecule has 0 bridgehead atoms. The van der Waals surface area contributed by atoms with Crippen molar-refractivity contribution < 1.29 is 9.47 Å². The van der Waals surface area contributed by atoms with E-state index in [9.17, 15) is 0 Å². The summed E-state index contributed by atoms with van der Waals surface area (Å²) in [6, 6.07) is 20.0. The van der Waals surface area contributed by atoms with E-state index in [0.29, 0.717) is 30.3 Å². The molecule has 0 aliphatic rings. The summed E-state index contributed by atoms with van der Waals surface area (Å²) in [6.45, 7) is 24.1. The van der Waals surface area contributed by atoms with Crippen molar-refractivity contribution >= 4 is 43.2 Å². The van der Waals surface area contributed by atoms with E-state index in [2.05, 4.69) is 130 Å². The predicted octanol–water partition coefficient (Wildman–Crippen LogP) is 11.9. The average Bonchev–Trinajstić information content (AvgIpc) is 3.25. The first-order valence-electron chi connectivity index (χ1n) is 15.4. The van der Waals surface area contributed by atoms with Gasteiger partial charge in [-0.3, -0.25) is 0 Å². The molecule has 4 aromatic rings. The third kappa shape index (κ3) is 7.55. The highest BCUT2D eigenvalue weighted by molar-refractivity contribution is 7.25. The second-order valence-electron chi connectivity index (χ2n) is 13.8. The molecule has 41 heavy (non-hydrogen) atoms. The van der Waals surface area contributed by atoms with Crippen LogP contribution in [0.1, 0.15) is 98.3 Å². The Morgan fingerprint density at radius 3 is 2.02 bits per heavy atom. The van der Waals surface area contributed by atoms with E-state index in [1.54, 1.807) is 0 Å². The van der Waals surface area contributed by atoms with Crippen LogP contribution >= 0.6 is 11.3 Å². The molecule has 0 aliphatic heterocycles. The van der Waals surface area contributed by atoms with Gasteiger partial charge in [-0.2, -0.15) is 0 Å². The smallest absolute Gasteiger partial charge is 0.127 e. The number of benzene rings is 3. The quantitative estimate of drug-likeness (QED) is 0.167. The zero-order valence-electron chi connectivity index (χ0n) is 26.9. The van der Waals surface area contributed by atoms with Gasteiger partial charge in [-0.25, -0.2) is 0 Å². The van der Waals surface area contributed by atoms with E-state index in [0.717, 1.165) is 30.1 Å². The van der Waals surface area contributed by atoms with Gasteiger partial charge in [0, 0.05) is 25.7 Å². The zero-order valence-corrected chi connectivity index (χ0v) is 27.7. The third-order valence-electron chi connectivity index (χ3n) is 8.14. The molecule has 3 heteroatoms. The van der Waals surface area contributed by atoms with Gasteiger partial charge in [-0.05, 0) is 82.5 Å². The van der Waals surface area contributed by atoms with Gasteiger partial charge >= 0.3 is 0 Å². The van der Waals surface area contributed by atoms with Crippen LogP contribution in [0.5, 0.6) is 11.5 Å². The Kier molecular flexibility index (Phi) is 9.90. The SMILES string of the molecule is CC(C)CCOc1cc2c(cc1C(C)C)sc1cc(C=C(c3ccccc3)C(C)(C)C)c(OCC(C)C(C)C)cc12. The van der Waals surface area contributed by atoms with Gasteiger partial charge in [0.25, 0.3) is 0 Å². The van der Waals surface area contributed by atoms with E-state index in [1.165, 1.54) is 36.9 Å². The molecule has 220 valence electrons. The molecular weight excluding hydrogens is 520 g/mol. The molecule has 0 N–H and O–H groups in total. The van der Waals surface area contributed by atoms with E-state index in [-0.39, 0.29) is 5.41 Å². The van der Waals surface area contributed by atoms with Crippen LogP contribution in [-0.2, 0) is 0 Å². The van der Waals surface area contributed by atoms with Gasteiger partial charge in [0.15, 0.2) is 0 Å². The van der Waals surface area contributed by atoms with Crippen LogP contribution < -0.4 is 9.47 Å². The predicted molar refractivity (Wildman–Crippen MR) is 182 cm³/mol. The molecule has 0 amide bonds. The Bertz CT molecular complexity index is 1480. The number of ether oxygens (including phenoxy) is 2. The van der Waals surface area contributed by atoms with Crippen LogP contribution in [0, 0.1) is 23.2 Å². The minimum atomic E-state index is -0.0205. The van der Waals surface area contributed by atoms with Crippen molar-refractivity contribution in [3.63, 3.8) is 0 Å². The normalized spacial score (nSPS) is 13.6. The lowest BCUT2D eigenvalue weighted by atomic mass is 9.81. The van der Waals surface area contributed by atoms with Crippen molar-refractivity contribution in [3.05, 3.63) is 71.3 Å². The summed E-state index contributed by atoms with van der Waals surface area (Å²) in [5.41, 5.74) is 4.97. The minimum Gasteiger partial charge on any atom is -0.493 e. The second kappa shape index (κ2) is 13.0. The Morgan fingerprint density at radius 2 is 1.44 bits per heavy atom. The van der Waals surface area contributed by atoms with Gasteiger partial charge < -0.3 is 9.47 Å². The number of fused-ring (bicyclic) bond motifs is 3. The third-order valence-corrected chi connectivity index (χ3v) is 9.26. The number of hydrogen-bond acceptors (Lipinski definition) is 3. The Hall–Kier alpha value is -2.78. The summed E-state index contributed by atoms with van der Waals surface area (Å²) in [6.07, 6.45) is 3.41. The number of hydrogen-bond donors (Lipinski definition) is 0. The molecule has 0 saturated carbocycles. The summed E-state index contributed by atoms with van der Waals surface area (Å²) in [5.74, 6) is 4.02. The van der Waals surface area contributed by atoms with Crippen molar-refractivity contribution in [2.45, 2.75) is 81.6 Å². The molecule has 1 heterocycles. The van der Waals surface area contributed by atoms with E-state index in [1.807, 2.05) is 11.3 Å². The largest absolute Gasteiger partial charge is 0.493 e. The fourth-order valence-electron chi connectivity index (χ4n) is 5.00. The summed E-state index contributed by atoms with van der Waals surface area (Å²) in [7, 11) is 0. The fourth-order valence-corrected chi connectivity index (χ4v) is 6.16. The maximum absolute atomic E-state index is 6.65. The summed E-state index contributed by atoms with van der Waals surface area (Å²) in [4.78, 5) is 0. The van der Waals surface area contributed by atoms with Crippen molar-refractivity contribution in [3.8, 4) is 11.5 Å². The van der Waals surface area contributed by atoms with E-state index >= 15 is 0 Å². The molecule has 0 fully saturated rings. The molecule has 0 aliphatic carbocycles. The first kappa shape index (κ1) is 31.2. The van der Waals surface area contributed by atoms with Gasteiger partial charge in [0.2, 0.25) is 0 Å². The minimum absolute atomic E-state index is 0.0205. The van der Waals surface area contributed by atoms with Gasteiger partial charge in [0.05, 0.1) is 13.2 Å².